The van der Waals surface area contributed by atoms with Crippen molar-refractivity contribution in [3.05, 3.63) is 47.8 Å². The lowest BCUT2D eigenvalue weighted by Crippen LogP contribution is -2.11. The highest BCUT2D eigenvalue weighted by Crippen LogP contribution is 2.24. The summed E-state index contributed by atoms with van der Waals surface area (Å²) in [5.74, 6) is 0.986. The summed E-state index contributed by atoms with van der Waals surface area (Å²) >= 11 is 0. The summed E-state index contributed by atoms with van der Waals surface area (Å²) in [6.45, 7) is 3.46. The quantitative estimate of drug-likeness (QED) is 0.513. The number of pyridine rings is 1. The van der Waals surface area contributed by atoms with Crippen LogP contribution in [0.4, 0.5) is 5.95 Å². The zero-order valence-corrected chi connectivity index (χ0v) is 15.1. The molecule has 0 spiro atoms. The maximum absolute atomic E-state index is 10.2. The molecule has 0 bridgehead atoms. The molecule has 0 unspecified atom stereocenters. The lowest BCUT2D eigenvalue weighted by Gasteiger charge is -2.12. The van der Waals surface area contributed by atoms with E-state index in [1.165, 1.54) is 0 Å². The lowest BCUT2D eigenvalue weighted by molar-refractivity contribution is 0.283. The van der Waals surface area contributed by atoms with E-state index in [2.05, 4.69) is 14.9 Å². The fourth-order valence-electron chi connectivity index (χ4n) is 3.03. The standard InChI is InChI=1S/C20H26N4O2/c1-15-10-11-19(26)17(22-15)14-24-18-9-5-4-8-16(18)23-20(24)21-12-6-2-3-7-13-25/h4-5,8-11,25-26H,2-3,6-7,12-14H2,1H3,(H,21,23). The average molecular weight is 354 g/mol. The number of aliphatic hydroxyl groups excluding tert-OH is 1. The molecule has 0 fully saturated rings. The first kappa shape index (κ1) is 18.2. The minimum Gasteiger partial charge on any atom is -0.506 e. The Morgan fingerprint density at radius 2 is 1.81 bits per heavy atom. The molecule has 0 amide bonds. The van der Waals surface area contributed by atoms with Crippen molar-refractivity contribution < 1.29 is 10.2 Å². The smallest absolute Gasteiger partial charge is 0.204 e. The topological polar surface area (TPSA) is 83.2 Å². The highest BCUT2D eigenvalue weighted by molar-refractivity contribution is 5.78. The molecule has 0 saturated heterocycles. The molecule has 0 aliphatic carbocycles. The Morgan fingerprint density at radius 1 is 1.00 bits per heavy atom. The van der Waals surface area contributed by atoms with Crippen LogP contribution >= 0.6 is 0 Å². The van der Waals surface area contributed by atoms with E-state index in [9.17, 15) is 5.11 Å². The van der Waals surface area contributed by atoms with E-state index >= 15 is 0 Å². The molecule has 1 aromatic carbocycles. The lowest BCUT2D eigenvalue weighted by atomic mass is 10.2. The van der Waals surface area contributed by atoms with E-state index in [4.69, 9.17) is 10.1 Å². The Kier molecular flexibility index (Phi) is 6.07. The van der Waals surface area contributed by atoms with Crippen LogP contribution in [0.1, 0.15) is 37.1 Å². The number of rotatable bonds is 9. The van der Waals surface area contributed by atoms with Crippen molar-refractivity contribution in [3.63, 3.8) is 0 Å². The largest absolute Gasteiger partial charge is 0.506 e. The van der Waals surface area contributed by atoms with Crippen molar-refractivity contribution in [2.75, 3.05) is 18.5 Å². The first-order valence-electron chi connectivity index (χ1n) is 9.14. The third-order valence-electron chi connectivity index (χ3n) is 4.42. The van der Waals surface area contributed by atoms with Gasteiger partial charge in [-0.3, -0.25) is 4.98 Å². The number of para-hydroxylation sites is 2. The third kappa shape index (κ3) is 4.32. The minimum atomic E-state index is 0.198. The zero-order valence-electron chi connectivity index (χ0n) is 15.1. The summed E-state index contributed by atoms with van der Waals surface area (Å²) in [6.07, 6.45) is 4.00. The van der Waals surface area contributed by atoms with E-state index in [0.29, 0.717) is 12.2 Å². The number of aliphatic hydroxyl groups is 1. The van der Waals surface area contributed by atoms with Crippen LogP contribution in [0.5, 0.6) is 5.75 Å². The number of fused-ring (bicyclic) bond motifs is 1. The summed E-state index contributed by atoms with van der Waals surface area (Å²) in [7, 11) is 0. The van der Waals surface area contributed by atoms with Crippen molar-refractivity contribution in [2.45, 2.75) is 39.2 Å². The van der Waals surface area contributed by atoms with E-state index in [-0.39, 0.29) is 12.4 Å². The monoisotopic (exact) mass is 354 g/mol. The van der Waals surface area contributed by atoms with Crippen molar-refractivity contribution in [2.24, 2.45) is 0 Å². The van der Waals surface area contributed by atoms with Crippen molar-refractivity contribution in [3.8, 4) is 5.75 Å². The maximum atomic E-state index is 10.2. The molecular weight excluding hydrogens is 328 g/mol. The van der Waals surface area contributed by atoms with Gasteiger partial charge in [0.1, 0.15) is 11.4 Å². The van der Waals surface area contributed by atoms with Crippen molar-refractivity contribution in [1.29, 1.82) is 0 Å². The molecule has 3 N–H and O–H groups in total. The molecule has 2 aromatic heterocycles. The molecule has 26 heavy (non-hydrogen) atoms. The summed E-state index contributed by atoms with van der Waals surface area (Å²) in [6, 6.07) is 11.5. The number of benzene rings is 1. The highest BCUT2D eigenvalue weighted by atomic mass is 16.3. The van der Waals surface area contributed by atoms with Gasteiger partial charge in [-0.05, 0) is 44.0 Å². The van der Waals surface area contributed by atoms with Crippen LogP contribution in [-0.4, -0.2) is 37.9 Å². The highest BCUT2D eigenvalue weighted by Gasteiger charge is 2.13. The second kappa shape index (κ2) is 8.67. The molecule has 3 rings (SSSR count). The van der Waals surface area contributed by atoms with Gasteiger partial charge in [0.15, 0.2) is 0 Å². The van der Waals surface area contributed by atoms with Gasteiger partial charge in [-0.15, -0.1) is 0 Å². The predicted octanol–water partition coefficient (Wildman–Crippen LogP) is 3.46. The first-order valence-corrected chi connectivity index (χ1v) is 9.14. The van der Waals surface area contributed by atoms with E-state index in [1.807, 2.05) is 31.2 Å². The van der Waals surface area contributed by atoms with Gasteiger partial charge in [0, 0.05) is 18.8 Å². The number of nitrogens with one attached hydrogen (secondary N) is 1. The number of aromatic hydroxyl groups is 1. The second-order valence-electron chi connectivity index (χ2n) is 6.49. The Hall–Kier alpha value is -2.60. The molecule has 138 valence electrons. The van der Waals surface area contributed by atoms with Gasteiger partial charge < -0.3 is 20.1 Å². The van der Waals surface area contributed by atoms with Crippen LogP contribution in [0.15, 0.2) is 36.4 Å². The van der Waals surface area contributed by atoms with Crippen LogP contribution in [-0.2, 0) is 6.54 Å². The van der Waals surface area contributed by atoms with E-state index < -0.39 is 0 Å². The molecule has 6 nitrogen and oxygen atoms in total. The van der Waals surface area contributed by atoms with Crippen LogP contribution in [0.25, 0.3) is 11.0 Å². The predicted molar refractivity (Wildman–Crippen MR) is 104 cm³/mol. The molecule has 0 aliphatic heterocycles. The number of nitrogens with zero attached hydrogens (tertiary/aromatic N) is 3. The van der Waals surface area contributed by atoms with E-state index in [1.54, 1.807) is 12.1 Å². The van der Waals surface area contributed by atoms with Gasteiger partial charge in [-0.25, -0.2) is 4.98 Å². The maximum Gasteiger partial charge on any atom is 0.204 e. The van der Waals surface area contributed by atoms with Gasteiger partial charge in [0.25, 0.3) is 0 Å². The Bertz CT molecular complexity index is 860. The summed E-state index contributed by atoms with van der Waals surface area (Å²) in [5, 5.41) is 22.4. The number of unbranched alkanes of at least 4 members (excludes halogenated alkanes) is 3. The molecule has 2 heterocycles. The fourth-order valence-corrected chi connectivity index (χ4v) is 3.03. The summed E-state index contributed by atoms with van der Waals surface area (Å²) < 4.78 is 2.06. The minimum absolute atomic E-state index is 0.198. The van der Waals surface area contributed by atoms with Gasteiger partial charge in [0.05, 0.1) is 17.6 Å². The number of imidazole rings is 1. The third-order valence-corrected chi connectivity index (χ3v) is 4.42. The fraction of sp³-hybridized carbons (Fsp3) is 0.400. The molecule has 0 saturated carbocycles. The van der Waals surface area contributed by atoms with Crippen LogP contribution in [0.2, 0.25) is 0 Å². The molecule has 6 heteroatoms. The van der Waals surface area contributed by atoms with Gasteiger partial charge in [0.2, 0.25) is 5.95 Å². The van der Waals surface area contributed by atoms with Crippen molar-refractivity contribution in [1.82, 2.24) is 14.5 Å². The molecule has 0 radical (unpaired) electrons. The van der Waals surface area contributed by atoms with Gasteiger partial charge in [-0.2, -0.15) is 0 Å². The zero-order chi connectivity index (χ0) is 18.4. The van der Waals surface area contributed by atoms with Crippen LogP contribution in [0.3, 0.4) is 0 Å². The normalized spacial score (nSPS) is 11.2. The molecule has 3 aromatic rings. The molecule has 0 aliphatic rings. The number of aromatic nitrogens is 3. The van der Waals surface area contributed by atoms with E-state index in [0.717, 1.165) is 54.9 Å². The summed E-state index contributed by atoms with van der Waals surface area (Å²) in [4.78, 5) is 9.17. The van der Waals surface area contributed by atoms with Crippen molar-refractivity contribution >= 4 is 17.0 Å². The van der Waals surface area contributed by atoms with Gasteiger partial charge >= 0.3 is 0 Å². The summed E-state index contributed by atoms with van der Waals surface area (Å²) in [5.41, 5.74) is 3.44. The number of hydrogen-bond donors (Lipinski definition) is 3. The Labute approximate surface area is 153 Å². The second-order valence-corrected chi connectivity index (χ2v) is 6.49. The SMILES string of the molecule is Cc1ccc(O)c(Cn2c(NCCCCCCO)nc3ccccc32)n1. The van der Waals surface area contributed by atoms with Crippen LogP contribution < -0.4 is 5.32 Å². The van der Waals surface area contributed by atoms with Gasteiger partial charge in [-0.1, -0.05) is 25.0 Å². The number of aryl methyl sites for hydroxylation is 1. The average Bonchev–Trinajstić information content (AvgIpc) is 2.99. The molecule has 0 atom stereocenters. The van der Waals surface area contributed by atoms with Crippen LogP contribution in [0, 0.1) is 6.92 Å². The Morgan fingerprint density at radius 3 is 2.65 bits per heavy atom. The first-order chi connectivity index (χ1) is 12.7. The number of anilines is 1. The molecular formula is C20H26N4O2. The number of hydrogen-bond acceptors (Lipinski definition) is 5. The Balaban J connectivity index is 1.79.